The number of benzene rings is 1. The molecule has 1 N–H and O–H groups in total. The number of halogens is 3. The molecule has 0 amide bonds. The van der Waals surface area contributed by atoms with Crippen molar-refractivity contribution >= 4 is 5.97 Å². The molecule has 0 fully saturated rings. The van der Waals surface area contributed by atoms with Crippen LogP contribution in [0.2, 0.25) is 0 Å². The third-order valence-electron chi connectivity index (χ3n) is 2.50. The van der Waals surface area contributed by atoms with Gasteiger partial charge in [0.25, 0.3) is 0 Å². The van der Waals surface area contributed by atoms with Crippen LogP contribution in [0.1, 0.15) is 23.5 Å². The Morgan fingerprint density at radius 1 is 1.39 bits per heavy atom. The molecule has 100 valence electrons. The standard InChI is InChI=1S/C12H13F3O3/c1-18-7-8-4-2-3-5-9(8)10(6-11(16)17)12(13,14)15/h2-5,10H,6-7H2,1H3,(H,16,17). The van der Waals surface area contributed by atoms with Crippen LogP contribution in [0.15, 0.2) is 24.3 Å². The molecular weight excluding hydrogens is 249 g/mol. The van der Waals surface area contributed by atoms with Gasteiger partial charge in [-0.3, -0.25) is 4.79 Å². The smallest absolute Gasteiger partial charge is 0.396 e. The number of carboxylic acids is 1. The van der Waals surface area contributed by atoms with Gasteiger partial charge in [0.1, 0.15) is 0 Å². The second-order valence-corrected chi connectivity index (χ2v) is 3.82. The predicted octanol–water partition coefficient (Wildman–Crippen LogP) is 2.95. The maximum atomic E-state index is 12.9. The number of ether oxygens (including phenoxy) is 1. The van der Waals surface area contributed by atoms with Crippen LogP contribution in [0.3, 0.4) is 0 Å². The highest BCUT2D eigenvalue weighted by atomic mass is 19.4. The van der Waals surface area contributed by atoms with Gasteiger partial charge in [0.05, 0.1) is 18.9 Å². The first kappa shape index (κ1) is 14.5. The van der Waals surface area contributed by atoms with E-state index >= 15 is 0 Å². The molecule has 1 atom stereocenters. The Balaban J connectivity index is 3.16. The SMILES string of the molecule is COCc1ccccc1C(CC(=O)O)C(F)(F)F. The zero-order valence-corrected chi connectivity index (χ0v) is 9.70. The Morgan fingerprint density at radius 2 is 2.00 bits per heavy atom. The van der Waals surface area contributed by atoms with E-state index in [1.807, 2.05) is 0 Å². The molecule has 0 heterocycles. The summed E-state index contributed by atoms with van der Waals surface area (Å²) < 4.78 is 43.5. The molecular formula is C12H13F3O3. The van der Waals surface area contributed by atoms with Crippen molar-refractivity contribution in [3.05, 3.63) is 35.4 Å². The zero-order valence-electron chi connectivity index (χ0n) is 9.70. The molecule has 1 unspecified atom stereocenters. The van der Waals surface area contributed by atoms with Crippen molar-refractivity contribution in [1.29, 1.82) is 0 Å². The predicted molar refractivity (Wildman–Crippen MR) is 58.2 cm³/mol. The monoisotopic (exact) mass is 262 g/mol. The fourth-order valence-electron chi connectivity index (χ4n) is 1.74. The Labute approximate surface area is 102 Å². The summed E-state index contributed by atoms with van der Waals surface area (Å²) in [5.74, 6) is -3.49. The van der Waals surface area contributed by atoms with Crippen LogP contribution in [0.25, 0.3) is 0 Å². The van der Waals surface area contributed by atoms with Gasteiger partial charge in [-0.1, -0.05) is 24.3 Å². The fourth-order valence-corrected chi connectivity index (χ4v) is 1.74. The highest BCUT2D eigenvalue weighted by molar-refractivity contribution is 5.68. The van der Waals surface area contributed by atoms with Crippen molar-refractivity contribution < 1.29 is 27.8 Å². The third-order valence-corrected chi connectivity index (χ3v) is 2.50. The van der Waals surface area contributed by atoms with Gasteiger partial charge in [0.15, 0.2) is 0 Å². The highest BCUT2D eigenvalue weighted by Crippen LogP contribution is 2.38. The molecule has 1 aromatic carbocycles. The van der Waals surface area contributed by atoms with Gasteiger partial charge in [0.2, 0.25) is 0 Å². The van der Waals surface area contributed by atoms with Gasteiger partial charge >= 0.3 is 12.1 Å². The third kappa shape index (κ3) is 3.73. The maximum absolute atomic E-state index is 12.9. The summed E-state index contributed by atoms with van der Waals surface area (Å²) in [6.07, 6.45) is -5.58. The lowest BCUT2D eigenvalue weighted by Gasteiger charge is -2.21. The van der Waals surface area contributed by atoms with Crippen LogP contribution >= 0.6 is 0 Å². The van der Waals surface area contributed by atoms with E-state index in [0.717, 1.165) is 0 Å². The summed E-state index contributed by atoms with van der Waals surface area (Å²) >= 11 is 0. The lowest BCUT2D eigenvalue weighted by atomic mass is 9.91. The second kappa shape index (κ2) is 5.86. The van der Waals surface area contributed by atoms with E-state index < -0.39 is 24.5 Å². The summed E-state index contributed by atoms with van der Waals surface area (Å²) in [7, 11) is 1.37. The number of alkyl halides is 3. The molecule has 0 spiro atoms. The van der Waals surface area contributed by atoms with Gasteiger partial charge < -0.3 is 9.84 Å². The van der Waals surface area contributed by atoms with E-state index in [4.69, 9.17) is 9.84 Å². The molecule has 0 bridgehead atoms. The number of aliphatic carboxylic acids is 1. The maximum Gasteiger partial charge on any atom is 0.396 e. The van der Waals surface area contributed by atoms with Crippen LogP contribution in [0.4, 0.5) is 13.2 Å². The summed E-state index contributed by atoms with van der Waals surface area (Å²) in [6, 6.07) is 5.83. The van der Waals surface area contributed by atoms with E-state index in [9.17, 15) is 18.0 Å². The van der Waals surface area contributed by atoms with Crippen molar-refractivity contribution in [2.24, 2.45) is 0 Å². The number of hydrogen-bond donors (Lipinski definition) is 1. The molecule has 0 aliphatic heterocycles. The number of rotatable bonds is 5. The topological polar surface area (TPSA) is 46.5 Å². The summed E-state index contributed by atoms with van der Waals surface area (Å²) in [6.45, 7) is 0.0162. The number of methoxy groups -OCH3 is 1. The van der Waals surface area contributed by atoms with E-state index in [1.165, 1.54) is 25.3 Å². The van der Waals surface area contributed by atoms with Crippen LogP contribution < -0.4 is 0 Å². The number of hydrogen-bond acceptors (Lipinski definition) is 2. The minimum atomic E-state index is -4.60. The highest BCUT2D eigenvalue weighted by Gasteiger charge is 2.42. The summed E-state index contributed by atoms with van der Waals surface area (Å²) in [5.41, 5.74) is 0.304. The van der Waals surface area contributed by atoms with Gasteiger partial charge in [-0.15, -0.1) is 0 Å². The largest absolute Gasteiger partial charge is 0.481 e. The number of carboxylic acid groups (broad SMARTS) is 1. The molecule has 0 radical (unpaired) electrons. The van der Waals surface area contributed by atoms with Crippen molar-refractivity contribution in [2.75, 3.05) is 7.11 Å². The molecule has 3 nitrogen and oxygen atoms in total. The Hall–Kier alpha value is -1.56. The Kier molecular flexibility index (Phi) is 4.72. The molecule has 0 saturated heterocycles. The normalized spacial score (nSPS) is 13.3. The number of carbonyl (C=O) groups is 1. The van der Waals surface area contributed by atoms with Gasteiger partial charge in [-0.25, -0.2) is 0 Å². The van der Waals surface area contributed by atoms with Gasteiger partial charge in [-0.05, 0) is 11.1 Å². The summed E-state index contributed by atoms with van der Waals surface area (Å²) in [4.78, 5) is 10.6. The Morgan fingerprint density at radius 3 is 2.50 bits per heavy atom. The molecule has 0 saturated carbocycles. The molecule has 0 aromatic heterocycles. The minimum absolute atomic E-state index is 0.0162. The second-order valence-electron chi connectivity index (χ2n) is 3.82. The Bertz CT molecular complexity index is 415. The summed E-state index contributed by atoms with van der Waals surface area (Å²) in [5, 5.41) is 8.60. The van der Waals surface area contributed by atoms with Crippen molar-refractivity contribution in [1.82, 2.24) is 0 Å². The average Bonchev–Trinajstić information content (AvgIpc) is 2.26. The van der Waals surface area contributed by atoms with Crippen molar-refractivity contribution in [2.45, 2.75) is 25.1 Å². The molecule has 0 aliphatic carbocycles. The van der Waals surface area contributed by atoms with Crippen LogP contribution in [-0.2, 0) is 16.1 Å². The molecule has 0 aliphatic rings. The van der Waals surface area contributed by atoms with E-state index in [1.54, 1.807) is 6.07 Å². The average molecular weight is 262 g/mol. The lowest BCUT2D eigenvalue weighted by Crippen LogP contribution is -2.24. The van der Waals surface area contributed by atoms with Crippen LogP contribution in [0, 0.1) is 0 Å². The molecule has 1 rings (SSSR count). The van der Waals surface area contributed by atoms with Gasteiger partial charge in [-0.2, -0.15) is 13.2 Å². The molecule has 1 aromatic rings. The molecule has 6 heteroatoms. The van der Waals surface area contributed by atoms with Crippen LogP contribution in [-0.4, -0.2) is 24.4 Å². The van der Waals surface area contributed by atoms with E-state index in [2.05, 4.69) is 0 Å². The first-order valence-electron chi connectivity index (χ1n) is 5.21. The van der Waals surface area contributed by atoms with Crippen molar-refractivity contribution in [3.8, 4) is 0 Å². The fraction of sp³-hybridized carbons (Fsp3) is 0.417. The van der Waals surface area contributed by atoms with E-state index in [-0.39, 0.29) is 12.2 Å². The molecule has 18 heavy (non-hydrogen) atoms. The first-order chi connectivity index (χ1) is 8.36. The van der Waals surface area contributed by atoms with Crippen molar-refractivity contribution in [3.63, 3.8) is 0 Å². The minimum Gasteiger partial charge on any atom is -0.481 e. The van der Waals surface area contributed by atoms with Gasteiger partial charge in [0, 0.05) is 7.11 Å². The van der Waals surface area contributed by atoms with E-state index in [0.29, 0.717) is 5.56 Å². The van der Waals surface area contributed by atoms with Crippen LogP contribution in [0.5, 0.6) is 0 Å². The lowest BCUT2D eigenvalue weighted by molar-refractivity contribution is -0.163. The quantitative estimate of drug-likeness (QED) is 0.887. The first-order valence-corrected chi connectivity index (χ1v) is 5.21. The zero-order chi connectivity index (χ0) is 13.8.